The number of amides is 1. The van der Waals surface area contributed by atoms with E-state index in [4.69, 9.17) is 4.74 Å². The molecule has 0 spiro atoms. The molecule has 1 N–H and O–H groups in total. The maximum absolute atomic E-state index is 12.2. The standard InChI is InChI=1S/C13H22N2O3/c1-4-9(2)14-13(12(17)18-3)8-11(16)15-7-5-6-10(13)15/h9-10,14H,4-8H2,1-3H3. The van der Waals surface area contributed by atoms with Crippen LogP contribution in [0.25, 0.3) is 0 Å². The van der Waals surface area contributed by atoms with Crippen LogP contribution in [0.1, 0.15) is 39.5 Å². The van der Waals surface area contributed by atoms with Crippen molar-refractivity contribution in [1.82, 2.24) is 10.2 Å². The summed E-state index contributed by atoms with van der Waals surface area (Å²) in [6, 6.07) is 0.156. The molecule has 0 saturated carbocycles. The topological polar surface area (TPSA) is 58.6 Å². The van der Waals surface area contributed by atoms with Crippen molar-refractivity contribution < 1.29 is 14.3 Å². The lowest BCUT2D eigenvalue weighted by Gasteiger charge is -2.35. The fourth-order valence-corrected chi connectivity index (χ4v) is 3.17. The predicted molar refractivity (Wildman–Crippen MR) is 67.0 cm³/mol. The number of ether oxygens (including phenoxy) is 1. The largest absolute Gasteiger partial charge is 0.468 e. The number of methoxy groups -OCH3 is 1. The Hall–Kier alpha value is -1.10. The van der Waals surface area contributed by atoms with Gasteiger partial charge in [0.05, 0.1) is 19.6 Å². The number of nitrogens with one attached hydrogen (secondary N) is 1. The zero-order chi connectivity index (χ0) is 13.3. The molecule has 0 aromatic carbocycles. The third-order valence-electron chi connectivity index (χ3n) is 4.24. The molecule has 0 bridgehead atoms. The molecule has 18 heavy (non-hydrogen) atoms. The summed E-state index contributed by atoms with van der Waals surface area (Å²) >= 11 is 0. The van der Waals surface area contributed by atoms with Crippen LogP contribution in [0.15, 0.2) is 0 Å². The summed E-state index contributed by atoms with van der Waals surface area (Å²) in [4.78, 5) is 26.1. The van der Waals surface area contributed by atoms with E-state index in [-0.39, 0.29) is 30.4 Å². The molecule has 3 unspecified atom stereocenters. The Kier molecular flexibility index (Phi) is 3.61. The van der Waals surface area contributed by atoms with Crippen LogP contribution in [0.2, 0.25) is 0 Å². The maximum atomic E-state index is 12.2. The molecule has 0 radical (unpaired) electrons. The normalized spacial score (nSPS) is 32.5. The van der Waals surface area contributed by atoms with Gasteiger partial charge in [0, 0.05) is 12.6 Å². The van der Waals surface area contributed by atoms with Crippen LogP contribution in [-0.2, 0) is 14.3 Å². The molecule has 2 fully saturated rings. The van der Waals surface area contributed by atoms with E-state index >= 15 is 0 Å². The van der Waals surface area contributed by atoms with E-state index in [0.717, 1.165) is 25.8 Å². The van der Waals surface area contributed by atoms with Gasteiger partial charge >= 0.3 is 5.97 Å². The highest BCUT2D eigenvalue weighted by Gasteiger charge is 2.58. The second-order valence-electron chi connectivity index (χ2n) is 5.34. The van der Waals surface area contributed by atoms with Crippen LogP contribution in [0.3, 0.4) is 0 Å². The summed E-state index contributed by atoms with van der Waals surface area (Å²) in [7, 11) is 1.39. The molecule has 0 aromatic heterocycles. The van der Waals surface area contributed by atoms with Crippen LogP contribution in [0, 0.1) is 0 Å². The van der Waals surface area contributed by atoms with Crippen molar-refractivity contribution in [3.8, 4) is 0 Å². The fraction of sp³-hybridized carbons (Fsp3) is 0.846. The van der Waals surface area contributed by atoms with Crippen LogP contribution in [-0.4, -0.2) is 48.1 Å². The highest BCUT2D eigenvalue weighted by atomic mass is 16.5. The monoisotopic (exact) mass is 254 g/mol. The molecule has 3 atom stereocenters. The van der Waals surface area contributed by atoms with Crippen molar-refractivity contribution >= 4 is 11.9 Å². The fourth-order valence-electron chi connectivity index (χ4n) is 3.17. The molecule has 5 heteroatoms. The first kappa shape index (κ1) is 13.3. The minimum absolute atomic E-state index is 0.0357. The van der Waals surface area contributed by atoms with Crippen molar-refractivity contribution in [3.05, 3.63) is 0 Å². The van der Waals surface area contributed by atoms with Crippen LogP contribution in [0.4, 0.5) is 0 Å². The molecular formula is C13H22N2O3. The van der Waals surface area contributed by atoms with Gasteiger partial charge in [0.15, 0.2) is 0 Å². The minimum atomic E-state index is -0.836. The van der Waals surface area contributed by atoms with Crippen molar-refractivity contribution in [2.75, 3.05) is 13.7 Å². The third kappa shape index (κ3) is 1.90. The van der Waals surface area contributed by atoms with Gasteiger partial charge in [0.25, 0.3) is 0 Å². The zero-order valence-electron chi connectivity index (χ0n) is 11.4. The average molecular weight is 254 g/mol. The van der Waals surface area contributed by atoms with Crippen LogP contribution in [0.5, 0.6) is 0 Å². The summed E-state index contributed by atoms with van der Waals surface area (Å²) in [5.41, 5.74) is -0.836. The number of nitrogens with zero attached hydrogens (tertiary/aromatic N) is 1. The summed E-state index contributed by atoms with van der Waals surface area (Å²) in [5.74, 6) is -0.232. The van der Waals surface area contributed by atoms with Gasteiger partial charge in [-0.25, -0.2) is 4.79 Å². The van der Waals surface area contributed by atoms with Gasteiger partial charge in [0.1, 0.15) is 5.54 Å². The number of fused-ring (bicyclic) bond motifs is 1. The highest BCUT2D eigenvalue weighted by molar-refractivity contribution is 5.94. The number of hydrogen-bond acceptors (Lipinski definition) is 4. The molecule has 2 aliphatic heterocycles. The highest BCUT2D eigenvalue weighted by Crippen LogP contribution is 2.38. The van der Waals surface area contributed by atoms with Crippen LogP contribution >= 0.6 is 0 Å². The Labute approximate surface area is 108 Å². The molecule has 1 amide bonds. The smallest absolute Gasteiger partial charge is 0.328 e. The molecule has 2 aliphatic rings. The molecule has 2 rings (SSSR count). The summed E-state index contributed by atoms with van der Waals surface area (Å²) in [6.07, 6.45) is 3.00. The molecule has 2 heterocycles. The quantitative estimate of drug-likeness (QED) is 0.750. The van der Waals surface area contributed by atoms with Crippen molar-refractivity contribution in [3.63, 3.8) is 0 Å². The number of hydrogen-bond donors (Lipinski definition) is 1. The molecule has 0 aliphatic carbocycles. The zero-order valence-corrected chi connectivity index (χ0v) is 11.4. The molecule has 5 nitrogen and oxygen atoms in total. The Balaban J connectivity index is 2.30. The lowest BCUT2D eigenvalue weighted by molar-refractivity contribution is -0.150. The van der Waals surface area contributed by atoms with E-state index in [1.54, 1.807) is 0 Å². The third-order valence-corrected chi connectivity index (χ3v) is 4.24. The van der Waals surface area contributed by atoms with E-state index in [2.05, 4.69) is 12.2 Å². The first-order valence-electron chi connectivity index (χ1n) is 6.70. The number of carbonyl (C=O) groups is 2. The maximum Gasteiger partial charge on any atom is 0.328 e. The van der Waals surface area contributed by atoms with E-state index in [1.807, 2.05) is 11.8 Å². The Morgan fingerprint density at radius 3 is 3.00 bits per heavy atom. The second-order valence-corrected chi connectivity index (χ2v) is 5.34. The number of rotatable bonds is 4. The SMILES string of the molecule is CCC(C)NC1(C(=O)OC)CC(=O)N2CCCC21. The lowest BCUT2D eigenvalue weighted by Crippen LogP contribution is -2.61. The molecular weight excluding hydrogens is 232 g/mol. The summed E-state index contributed by atoms with van der Waals surface area (Å²) in [5, 5.41) is 3.36. The first-order valence-corrected chi connectivity index (χ1v) is 6.70. The summed E-state index contributed by atoms with van der Waals surface area (Å²) < 4.78 is 4.96. The van der Waals surface area contributed by atoms with Gasteiger partial charge in [-0.3, -0.25) is 10.1 Å². The van der Waals surface area contributed by atoms with Gasteiger partial charge in [-0.05, 0) is 26.2 Å². The molecule has 102 valence electrons. The minimum Gasteiger partial charge on any atom is -0.468 e. The number of esters is 1. The Bertz CT molecular complexity index is 358. The number of carbonyl (C=O) groups excluding carboxylic acids is 2. The van der Waals surface area contributed by atoms with Crippen molar-refractivity contribution in [2.45, 2.75) is 57.2 Å². The van der Waals surface area contributed by atoms with Crippen LogP contribution < -0.4 is 5.32 Å². The van der Waals surface area contributed by atoms with E-state index in [1.165, 1.54) is 7.11 Å². The van der Waals surface area contributed by atoms with Gasteiger partial charge in [-0.2, -0.15) is 0 Å². The summed E-state index contributed by atoms with van der Waals surface area (Å²) in [6.45, 7) is 4.86. The Morgan fingerprint density at radius 1 is 1.67 bits per heavy atom. The van der Waals surface area contributed by atoms with Crippen molar-refractivity contribution in [1.29, 1.82) is 0 Å². The Morgan fingerprint density at radius 2 is 2.39 bits per heavy atom. The predicted octanol–water partition coefficient (Wildman–Crippen LogP) is 0.681. The van der Waals surface area contributed by atoms with Crippen molar-refractivity contribution in [2.24, 2.45) is 0 Å². The van der Waals surface area contributed by atoms with Gasteiger partial charge < -0.3 is 9.64 Å². The lowest BCUT2D eigenvalue weighted by atomic mass is 9.87. The van der Waals surface area contributed by atoms with E-state index in [0.29, 0.717) is 0 Å². The van der Waals surface area contributed by atoms with Gasteiger partial charge in [-0.15, -0.1) is 0 Å². The van der Waals surface area contributed by atoms with E-state index < -0.39 is 5.54 Å². The molecule has 0 aromatic rings. The first-order chi connectivity index (χ1) is 8.55. The second kappa shape index (κ2) is 4.88. The van der Waals surface area contributed by atoms with E-state index in [9.17, 15) is 9.59 Å². The van der Waals surface area contributed by atoms with Gasteiger partial charge in [-0.1, -0.05) is 6.92 Å². The average Bonchev–Trinajstić information content (AvgIpc) is 2.93. The molecule has 2 saturated heterocycles. The van der Waals surface area contributed by atoms with Gasteiger partial charge in [0.2, 0.25) is 5.91 Å².